The number of aromatic nitrogens is 2. The molecule has 0 saturated heterocycles. The van der Waals surface area contributed by atoms with Crippen LogP contribution in [0.2, 0.25) is 0 Å². The number of ether oxygens (including phenoxy) is 2. The van der Waals surface area contributed by atoms with Gasteiger partial charge >= 0.3 is 0 Å². The minimum atomic E-state index is -0.0728. The van der Waals surface area contributed by atoms with Crippen LogP contribution in [0.3, 0.4) is 0 Å². The molecule has 0 unspecified atom stereocenters. The van der Waals surface area contributed by atoms with Gasteiger partial charge in [0.15, 0.2) is 17.3 Å². The van der Waals surface area contributed by atoms with E-state index in [0.717, 1.165) is 0 Å². The van der Waals surface area contributed by atoms with Crippen molar-refractivity contribution < 1.29 is 23.8 Å². The van der Waals surface area contributed by atoms with E-state index in [1.54, 1.807) is 30.3 Å². The van der Waals surface area contributed by atoms with Crippen LogP contribution in [0.4, 0.5) is 0 Å². The smallest absolute Gasteiger partial charge is 0.277 e. The lowest BCUT2D eigenvalue weighted by atomic mass is 10.1. The normalized spacial score (nSPS) is 12.8. The predicted octanol–water partition coefficient (Wildman–Crippen LogP) is 3.19. The Kier molecular flexibility index (Phi) is 4.49. The summed E-state index contributed by atoms with van der Waals surface area (Å²) in [6.07, 6.45) is 0. The maximum absolute atomic E-state index is 12.4. The van der Waals surface area contributed by atoms with Crippen LogP contribution in [0, 0.1) is 0 Å². The quantitative estimate of drug-likeness (QED) is 0.540. The molecule has 0 saturated carbocycles. The first kappa shape index (κ1) is 16.5. The van der Waals surface area contributed by atoms with E-state index < -0.39 is 0 Å². The van der Waals surface area contributed by atoms with Crippen molar-refractivity contribution in [1.82, 2.24) is 10.2 Å². The fraction of sp³-hybridized carbons (Fsp3) is 0.167. The molecule has 1 aromatic heterocycles. The van der Waals surface area contributed by atoms with Gasteiger partial charge in [0.1, 0.15) is 19.0 Å². The highest BCUT2D eigenvalue weighted by atomic mass is 32.2. The molecule has 0 fully saturated rings. The molecule has 2 aromatic carbocycles. The van der Waals surface area contributed by atoms with Gasteiger partial charge in [-0.1, -0.05) is 11.8 Å². The van der Waals surface area contributed by atoms with Gasteiger partial charge in [-0.3, -0.25) is 4.79 Å². The van der Waals surface area contributed by atoms with Crippen molar-refractivity contribution >= 4 is 17.5 Å². The average molecular weight is 370 g/mol. The highest BCUT2D eigenvalue weighted by Crippen LogP contribution is 2.31. The Labute approximate surface area is 153 Å². The number of benzene rings is 2. The largest absolute Gasteiger partial charge is 0.508 e. The van der Waals surface area contributed by atoms with Crippen LogP contribution in [0.15, 0.2) is 52.1 Å². The Hall–Kier alpha value is -3.00. The van der Waals surface area contributed by atoms with Crippen molar-refractivity contribution in [3.05, 3.63) is 48.0 Å². The van der Waals surface area contributed by atoms with Crippen molar-refractivity contribution in [2.24, 2.45) is 0 Å². The number of hydrogen-bond donors (Lipinski definition) is 1. The molecule has 0 bridgehead atoms. The van der Waals surface area contributed by atoms with E-state index in [4.69, 9.17) is 13.9 Å². The first-order valence-corrected chi connectivity index (χ1v) is 8.86. The monoisotopic (exact) mass is 370 g/mol. The number of nitrogens with zero attached hydrogens (tertiary/aromatic N) is 2. The molecule has 4 rings (SSSR count). The topological polar surface area (TPSA) is 94.7 Å². The first-order valence-electron chi connectivity index (χ1n) is 7.87. The number of carbonyl (C=O) groups is 1. The van der Waals surface area contributed by atoms with E-state index in [1.165, 1.54) is 23.9 Å². The molecule has 0 amide bonds. The summed E-state index contributed by atoms with van der Waals surface area (Å²) in [6.45, 7) is 0.984. The highest BCUT2D eigenvalue weighted by Gasteiger charge is 2.16. The zero-order valence-corrected chi connectivity index (χ0v) is 14.4. The Morgan fingerprint density at radius 3 is 2.62 bits per heavy atom. The summed E-state index contributed by atoms with van der Waals surface area (Å²) in [7, 11) is 0. The third-order valence-corrected chi connectivity index (χ3v) is 4.53. The second-order valence-electron chi connectivity index (χ2n) is 5.49. The van der Waals surface area contributed by atoms with Crippen LogP contribution in [-0.2, 0) is 0 Å². The van der Waals surface area contributed by atoms with Crippen LogP contribution in [0.1, 0.15) is 10.4 Å². The standard InChI is InChI=1S/C18H14N2O5S/c21-13-4-1-11(2-5-13)17-19-20-18(25-17)26-10-14(22)12-3-6-15-16(9-12)24-8-7-23-15/h1-6,9,21H,7-8,10H2. The van der Waals surface area contributed by atoms with Crippen LogP contribution in [-0.4, -0.2) is 40.1 Å². The zero-order chi connectivity index (χ0) is 17.9. The predicted molar refractivity (Wildman–Crippen MR) is 93.9 cm³/mol. The number of phenolic OH excluding ortho intramolecular Hbond substituents is 1. The van der Waals surface area contributed by atoms with E-state index in [-0.39, 0.29) is 17.3 Å². The molecule has 0 radical (unpaired) electrons. The fourth-order valence-corrected chi connectivity index (χ4v) is 3.07. The highest BCUT2D eigenvalue weighted by molar-refractivity contribution is 7.99. The molecule has 0 atom stereocenters. The number of carbonyl (C=O) groups excluding carboxylic acids is 1. The lowest BCUT2D eigenvalue weighted by Crippen LogP contribution is -2.16. The van der Waals surface area contributed by atoms with Crippen LogP contribution in [0.25, 0.3) is 11.5 Å². The van der Waals surface area contributed by atoms with Crippen molar-refractivity contribution in [1.29, 1.82) is 0 Å². The molecule has 1 aliphatic rings. The van der Waals surface area contributed by atoms with E-state index in [1.807, 2.05) is 0 Å². The molecule has 1 N–H and O–H groups in total. The Morgan fingerprint density at radius 2 is 1.81 bits per heavy atom. The van der Waals surface area contributed by atoms with Crippen molar-refractivity contribution in [3.63, 3.8) is 0 Å². The summed E-state index contributed by atoms with van der Waals surface area (Å²) in [4.78, 5) is 12.4. The molecule has 3 aromatic rings. The molecule has 8 heteroatoms. The van der Waals surface area contributed by atoms with Gasteiger partial charge in [-0.15, -0.1) is 10.2 Å². The molecule has 0 aliphatic carbocycles. The van der Waals surface area contributed by atoms with Gasteiger partial charge in [0.2, 0.25) is 5.89 Å². The molecule has 7 nitrogen and oxygen atoms in total. The van der Waals surface area contributed by atoms with Gasteiger partial charge < -0.3 is 19.0 Å². The number of fused-ring (bicyclic) bond motifs is 1. The summed E-state index contributed by atoms with van der Waals surface area (Å²) < 4.78 is 16.5. The van der Waals surface area contributed by atoms with E-state index in [9.17, 15) is 9.90 Å². The Bertz CT molecular complexity index is 939. The van der Waals surface area contributed by atoms with Crippen LogP contribution < -0.4 is 9.47 Å². The third kappa shape index (κ3) is 3.50. The second-order valence-corrected chi connectivity index (χ2v) is 6.42. The SMILES string of the molecule is O=C(CSc1nnc(-c2ccc(O)cc2)o1)c1ccc2c(c1)OCCO2. The van der Waals surface area contributed by atoms with Gasteiger partial charge in [0.05, 0.1) is 5.75 Å². The Balaban J connectivity index is 1.41. The maximum atomic E-state index is 12.4. The molecule has 2 heterocycles. The van der Waals surface area contributed by atoms with Crippen LogP contribution >= 0.6 is 11.8 Å². The molecular weight excluding hydrogens is 356 g/mol. The lowest BCUT2D eigenvalue weighted by molar-refractivity contribution is 0.102. The van der Waals surface area contributed by atoms with Gasteiger partial charge in [-0.05, 0) is 42.5 Å². The van der Waals surface area contributed by atoms with E-state index in [0.29, 0.717) is 47.0 Å². The summed E-state index contributed by atoms with van der Waals surface area (Å²) in [5.41, 5.74) is 1.24. The summed E-state index contributed by atoms with van der Waals surface area (Å²) >= 11 is 1.17. The average Bonchev–Trinajstić information content (AvgIpc) is 3.15. The van der Waals surface area contributed by atoms with E-state index >= 15 is 0 Å². The summed E-state index contributed by atoms with van der Waals surface area (Å²) in [5.74, 6) is 1.82. The number of ketones is 1. The minimum Gasteiger partial charge on any atom is -0.508 e. The number of hydrogen-bond acceptors (Lipinski definition) is 8. The molecule has 26 heavy (non-hydrogen) atoms. The fourth-order valence-electron chi connectivity index (χ4n) is 2.42. The van der Waals surface area contributed by atoms with Crippen molar-refractivity contribution in [2.45, 2.75) is 5.22 Å². The lowest BCUT2D eigenvalue weighted by Gasteiger charge is -2.18. The number of aromatic hydroxyl groups is 1. The number of phenols is 1. The van der Waals surface area contributed by atoms with E-state index in [2.05, 4.69) is 10.2 Å². The maximum Gasteiger partial charge on any atom is 0.277 e. The Morgan fingerprint density at radius 1 is 1.04 bits per heavy atom. The van der Waals surface area contributed by atoms with Gasteiger partial charge in [-0.25, -0.2) is 0 Å². The molecule has 0 spiro atoms. The van der Waals surface area contributed by atoms with Gasteiger partial charge in [0.25, 0.3) is 5.22 Å². The zero-order valence-electron chi connectivity index (χ0n) is 13.5. The number of rotatable bonds is 5. The van der Waals surface area contributed by atoms with Gasteiger partial charge in [0, 0.05) is 11.1 Å². The first-order chi connectivity index (χ1) is 12.7. The summed E-state index contributed by atoms with van der Waals surface area (Å²) in [5, 5.41) is 17.5. The molecule has 1 aliphatic heterocycles. The van der Waals surface area contributed by atoms with Crippen LogP contribution in [0.5, 0.6) is 17.2 Å². The third-order valence-electron chi connectivity index (χ3n) is 3.71. The molecular formula is C18H14N2O5S. The van der Waals surface area contributed by atoms with Crippen molar-refractivity contribution in [2.75, 3.05) is 19.0 Å². The second kappa shape index (κ2) is 7.09. The van der Waals surface area contributed by atoms with Crippen molar-refractivity contribution in [3.8, 4) is 28.7 Å². The minimum absolute atomic E-state index is 0.0728. The number of thioether (sulfide) groups is 1. The summed E-state index contributed by atoms with van der Waals surface area (Å²) in [6, 6.07) is 11.6. The van der Waals surface area contributed by atoms with Gasteiger partial charge in [-0.2, -0.15) is 0 Å². The number of Topliss-reactive ketones (excluding diaryl/α,β-unsaturated/α-hetero) is 1. The molecule has 132 valence electrons.